The lowest BCUT2D eigenvalue weighted by molar-refractivity contribution is -0.129. The van der Waals surface area contributed by atoms with Crippen LogP contribution in [0.3, 0.4) is 0 Å². The van der Waals surface area contributed by atoms with Gasteiger partial charge in [0.15, 0.2) is 0 Å². The fourth-order valence-electron chi connectivity index (χ4n) is 4.38. The maximum Gasteiger partial charge on any atom is 0.223 e. The number of pyridine rings is 1. The Kier molecular flexibility index (Phi) is 4.36. The van der Waals surface area contributed by atoms with Crippen molar-refractivity contribution >= 4 is 22.5 Å². The van der Waals surface area contributed by atoms with Gasteiger partial charge in [0.1, 0.15) is 0 Å². The number of aromatic nitrogens is 1. The summed E-state index contributed by atoms with van der Waals surface area (Å²) in [4.78, 5) is 19.1. The number of carbonyl (C=O) groups is 1. The first-order chi connectivity index (χ1) is 12.1. The van der Waals surface area contributed by atoms with Crippen LogP contribution in [0, 0.1) is 19.8 Å². The number of fused-ring (bicyclic) bond motifs is 1. The maximum atomic E-state index is 12.4. The lowest BCUT2D eigenvalue weighted by Crippen LogP contribution is -2.34. The van der Waals surface area contributed by atoms with E-state index in [0.717, 1.165) is 24.3 Å². The van der Waals surface area contributed by atoms with E-state index in [4.69, 9.17) is 0 Å². The van der Waals surface area contributed by atoms with Crippen molar-refractivity contribution in [2.75, 3.05) is 18.4 Å². The van der Waals surface area contributed by atoms with Crippen molar-refractivity contribution in [3.8, 4) is 0 Å². The Bertz CT molecular complexity index is 795. The zero-order valence-electron chi connectivity index (χ0n) is 15.2. The van der Waals surface area contributed by atoms with Crippen LogP contribution >= 0.6 is 0 Å². The molecule has 2 fully saturated rings. The van der Waals surface area contributed by atoms with E-state index in [1.165, 1.54) is 42.2 Å². The van der Waals surface area contributed by atoms with Crippen LogP contribution in [0.4, 0.5) is 5.69 Å². The van der Waals surface area contributed by atoms with Crippen molar-refractivity contribution in [1.82, 2.24) is 9.88 Å². The van der Waals surface area contributed by atoms with E-state index < -0.39 is 0 Å². The molecule has 4 rings (SSSR count). The van der Waals surface area contributed by atoms with Gasteiger partial charge < -0.3 is 10.2 Å². The minimum atomic E-state index is 0.352. The van der Waals surface area contributed by atoms with Crippen LogP contribution in [0.25, 0.3) is 10.9 Å². The normalized spacial score (nSPS) is 21.4. The molecule has 4 nitrogen and oxygen atoms in total. The van der Waals surface area contributed by atoms with Gasteiger partial charge in [0.2, 0.25) is 5.91 Å². The number of hydrogen-bond donors (Lipinski definition) is 1. The van der Waals surface area contributed by atoms with Crippen LogP contribution in [0.2, 0.25) is 0 Å². The molecule has 1 aromatic carbocycles. The van der Waals surface area contributed by atoms with Gasteiger partial charge in [-0.2, -0.15) is 0 Å². The van der Waals surface area contributed by atoms with E-state index in [1.807, 2.05) is 12.3 Å². The summed E-state index contributed by atoms with van der Waals surface area (Å²) in [5.74, 6) is 0.757. The van der Waals surface area contributed by atoms with Crippen LogP contribution < -0.4 is 5.32 Å². The predicted octanol–water partition coefficient (Wildman–Crippen LogP) is 4.05. The lowest BCUT2D eigenvalue weighted by atomic mass is 10.0. The van der Waals surface area contributed by atoms with Crippen LogP contribution in [0.15, 0.2) is 24.4 Å². The third kappa shape index (κ3) is 3.10. The van der Waals surface area contributed by atoms with Crippen molar-refractivity contribution < 1.29 is 4.79 Å². The second-order valence-electron chi connectivity index (χ2n) is 7.70. The molecule has 1 aliphatic heterocycles. The molecular weight excluding hydrogens is 310 g/mol. The van der Waals surface area contributed by atoms with Gasteiger partial charge in [-0.25, -0.2) is 0 Å². The number of nitrogens with zero attached hydrogens (tertiary/aromatic N) is 2. The number of amides is 1. The number of hydrogen-bond acceptors (Lipinski definition) is 3. The van der Waals surface area contributed by atoms with Gasteiger partial charge in [-0.15, -0.1) is 0 Å². The molecule has 2 aromatic rings. The average molecular weight is 337 g/mol. The summed E-state index contributed by atoms with van der Waals surface area (Å²) in [6.45, 7) is 6.01. The summed E-state index contributed by atoms with van der Waals surface area (Å²) in [5.41, 5.74) is 4.70. The van der Waals surface area contributed by atoms with E-state index in [-0.39, 0.29) is 0 Å². The second kappa shape index (κ2) is 6.66. The smallest absolute Gasteiger partial charge is 0.223 e. The van der Waals surface area contributed by atoms with E-state index in [9.17, 15) is 4.79 Å². The standard InChI is InChI=1S/C21H27N3O/c1-14-7-8-18-19(9-10-22-21(18)15(14)2)23-12-16-11-20(25)24(13-16)17-5-3-4-6-17/h7-10,16-17H,3-6,11-13H2,1-2H3,(H,22,23). The van der Waals surface area contributed by atoms with Gasteiger partial charge >= 0.3 is 0 Å². The molecule has 2 aliphatic rings. The number of rotatable bonds is 4. The Morgan fingerprint density at radius 3 is 2.80 bits per heavy atom. The van der Waals surface area contributed by atoms with Crippen molar-refractivity contribution in [2.45, 2.75) is 52.0 Å². The lowest BCUT2D eigenvalue weighted by Gasteiger charge is -2.24. The van der Waals surface area contributed by atoms with Crippen molar-refractivity contribution in [1.29, 1.82) is 0 Å². The molecule has 1 atom stereocenters. The molecule has 1 N–H and O–H groups in total. The molecule has 1 amide bonds. The zero-order chi connectivity index (χ0) is 17.4. The number of benzene rings is 1. The fraction of sp³-hybridized carbons (Fsp3) is 0.524. The number of aryl methyl sites for hydroxylation is 2. The van der Waals surface area contributed by atoms with Gasteiger partial charge in [-0.05, 0) is 43.9 Å². The van der Waals surface area contributed by atoms with E-state index in [2.05, 4.69) is 41.2 Å². The third-order valence-corrected chi connectivity index (χ3v) is 6.02. The molecule has 1 saturated heterocycles. The van der Waals surface area contributed by atoms with Crippen LogP contribution in [-0.4, -0.2) is 34.9 Å². The summed E-state index contributed by atoms with van der Waals surface area (Å²) in [6, 6.07) is 6.86. The van der Waals surface area contributed by atoms with Crippen LogP contribution in [0.5, 0.6) is 0 Å². The molecule has 1 aliphatic carbocycles. The Hall–Kier alpha value is -2.10. The Morgan fingerprint density at radius 2 is 2.00 bits per heavy atom. The molecule has 132 valence electrons. The van der Waals surface area contributed by atoms with Crippen molar-refractivity contribution in [2.24, 2.45) is 5.92 Å². The Balaban J connectivity index is 1.46. The molecule has 0 spiro atoms. The van der Waals surface area contributed by atoms with E-state index in [0.29, 0.717) is 24.3 Å². The first-order valence-corrected chi connectivity index (χ1v) is 9.52. The third-order valence-electron chi connectivity index (χ3n) is 6.02. The summed E-state index contributed by atoms with van der Waals surface area (Å²) in [7, 11) is 0. The van der Waals surface area contributed by atoms with E-state index >= 15 is 0 Å². The van der Waals surface area contributed by atoms with Gasteiger partial charge in [-0.1, -0.05) is 25.0 Å². The first-order valence-electron chi connectivity index (χ1n) is 9.52. The zero-order valence-corrected chi connectivity index (χ0v) is 15.2. The highest BCUT2D eigenvalue weighted by Gasteiger charge is 2.35. The highest BCUT2D eigenvalue weighted by Crippen LogP contribution is 2.30. The van der Waals surface area contributed by atoms with Crippen LogP contribution in [-0.2, 0) is 4.79 Å². The SMILES string of the molecule is Cc1ccc2c(NCC3CC(=O)N(C4CCCC4)C3)ccnc2c1C. The monoisotopic (exact) mass is 337 g/mol. The minimum Gasteiger partial charge on any atom is -0.384 e. The number of likely N-dealkylation sites (tertiary alicyclic amines) is 1. The number of nitrogens with one attached hydrogen (secondary N) is 1. The molecule has 0 radical (unpaired) electrons. The fourth-order valence-corrected chi connectivity index (χ4v) is 4.38. The van der Waals surface area contributed by atoms with Gasteiger partial charge in [-0.3, -0.25) is 9.78 Å². The number of anilines is 1. The summed E-state index contributed by atoms with van der Waals surface area (Å²) in [5, 5.41) is 4.76. The Labute approximate surface area is 149 Å². The summed E-state index contributed by atoms with van der Waals surface area (Å²) < 4.78 is 0. The topological polar surface area (TPSA) is 45.2 Å². The summed E-state index contributed by atoms with van der Waals surface area (Å²) >= 11 is 0. The highest BCUT2D eigenvalue weighted by atomic mass is 16.2. The Morgan fingerprint density at radius 1 is 1.20 bits per heavy atom. The molecule has 1 saturated carbocycles. The molecule has 2 heterocycles. The number of carbonyl (C=O) groups excluding carboxylic acids is 1. The van der Waals surface area contributed by atoms with E-state index in [1.54, 1.807) is 0 Å². The van der Waals surface area contributed by atoms with Gasteiger partial charge in [0, 0.05) is 48.7 Å². The molecular formula is C21H27N3O. The van der Waals surface area contributed by atoms with Gasteiger partial charge in [0.05, 0.1) is 5.52 Å². The quantitative estimate of drug-likeness (QED) is 0.915. The van der Waals surface area contributed by atoms with Crippen LogP contribution in [0.1, 0.15) is 43.2 Å². The second-order valence-corrected chi connectivity index (χ2v) is 7.70. The molecule has 1 unspecified atom stereocenters. The maximum absolute atomic E-state index is 12.4. The van der Waals surface area contributed by atoms with Crippen molar-refractivity contribution in [3.63, 3.8) is 0 Å². The summed E-state index contributed by atoms with van der Waals surface area (Å²) in [6.07, 6.45) is 7.50. The average Bonchev–Trinajstić information content (AvgIpc) is 3.25. The molecule has 4 heteroatoms. The highest BCUT2D eigenvalue weighted by molar-refractivity contribution is 5.93. The first kappa shape index (κ1) is 16.4. The molecule has 1 aromatic heterocycles. The predicted molar refractivity (Wildman–Crippen MR) is 102 cm³/mol. The van der Waals surface area contributed by atoms with Crippen molar-refractivity contribution in [3.05, 3.63) is 35.5 Å². The molecule has 25 heavy (non-hydrogen) atoms. The largest absolute Gasteiger partial charge is 0.384 e. The molecule has 0 bridgehead atoms. The van der Waals surface area contributed by atoms with Gasteiger partial charge in [0.25, 0.3) is 0 Å². The minimum absolute atomic E-state index is 0.352.